The van der Waals surface area contributed by atoms with Crippen molar-refractivity contribution < 1.29 is 14.3 Å². The molecule has 44 heavy (non-hydrogen) atoms. The van der Waals surface area contributed by atoms with E-state index in [-0.39, 0.29) is 11.7 Å². The van der Waals surface area contributed by atoms with Gasteiger partial charge in [0, 0.05) is 81.9 Å². The van der Waals surface area contributed by atoms with Crippen LogP contribution in [0.25, 0.3) is 11.3 Å². The number of aromatic nitrogens is 2. The molecule has 0 bridgehead atoms. The molecule has 0 unspecified atom stereocenters. The van der Waals surface area contributed by atoms with Crippen molar-refractivity contribution in [2.45, 2.75) is 37.8 Å². The van der Waals surface area contributed by atoms with Crippen LogP contribution in [0.5, 0.6) is 5.75 Å². The van der Waals surface area contributed by atoms with Gasteiger partial charge in [-0.2, -0.15) is 0 Å². The number of methoxy groups -OCH3 is 1. The molecular formula is C33H44N8O3. The summed E-state index contributed by atoms with van der Waals surface area (Å²) < 4.78 is 11.4. The lowest BCUT2D eigenvalue weighted by Crippen LogP contribution is -2.52. The number of rotatable bonds is 9. The molecular weight excluding hydrogens is 556 g/mol. The Morgan fingerprint density at radius 1 is 0.932 bits per heavy atom. The van der Waals surface area contributed by atoms with Crippen molar-refractivity contribution in [3.05, 3.63) is 54.2 Å². The quantitative estimate of drug-likeness (QED) is 0.334. The second-order valence-electron chi connectivity index (χ2n) is 11.9. The molecule has 4 N–H and O–H groups in total. The van der Waals surface area contributed by atoms with Gasteiger partial charge < -0.3 is 35.6 Å². The summed E-state index contributed by atoms with van der Waals surface area (Å²) in [6.07, 6.45) is 4.01. The maximum atomic E-state index is 12.6. The summed E-state index contributed by atoms with van der Waals surface area (Å²) in [4.78, 5) is 29.8. The first kappa shape index (κ1) is 30.1. The van der Waals surface area contributed by atoms with Gasteiger partial charge in [0.2, 0.25) is 0 Å². The SMILES string of the molecule is COc1cc(Nc2nc(NC3CCOCC3)c(-c3ccccc3)nc2C(N)=O)ccc1N1CCC(N2CCN(C)CC2)CC1. The second-order valence-corrected chi connectivity index (χ2v) is 11.9. The molecule has 0 radical (unpaired) electrons. The third-order valence-electron chi connectivity index (χ3n) is 9.04. The van der Waals surface area contributed by atoms with Crippen LogP contribution < -0.4 is 26.0 Å². The first-order valence-corrected chi connectivity index (χ1v) is 15.7. The maximum Gasteiger partial charge on any atom is 0.271 e. The lowest BCUT2D eigenvalue weighted by Gasteiger charge is -2.42. The number of piperidine rings is 1. The fourth-order valence-corrected chi connectivity index (χ4v) is 6.44. The molecule has 11 heteroatoms. The standard InChI is InChI=1S/C33H44N8O3/c1-39-16-18-40(19-17-39)26-10-14-41(15-11-26)27-9-8-25(22-28(27)43-2)36-33-30(31(34)42)37-29(23-6-4-3-5-7-23)32(38-33)35-24-12-20-44-21-13-24/h3-9,22,24,26H,10-21H2,1-2H3,(H2,34,42)(H2,35,36,38). The van der Waals surface area contributed by atoms with Crippen LogP contribution in [0.3, 0.4) is 0 Å². The summed E-state index contributed by atoms with van der Waals surface area (Å²) >= 11 is 0. The van der Waals surface area contributed by atoms with E-state index < -0.39 is 5.91 Å². The van der Waals surface area contributed by atoms with Crippen LogP contribution in [0.2, 0.25) is 0 Å². The van der Waals surface area contributed by atoms with E-state index in [0.717, 1.165) is 87.6 Å². The normalized spacial score (nSPS) is 19.1. The van der Waals surface area contributed by atoms with Gasteiger partial charge in [0.15, 0.2) is 17.3 Å². The highest BCUT2D eigenvalue weighted by atomic mass is 16.5. The van der Waals surface area contributed by atoms with Crippen LogP contribution in [-0.4, -0.2) is 104 Å². The summed E-state index contributed by atoms with van der Waals surface area (Å²) in [6.45, 7) is 7.95. The number of carbonyl (C=O) groups is 1. The van der Waals surface area contributed by atoms with E-state index >= 15 is 0 Å². The molecule has 3 fully saturated rings. The number of primary amides is 1. The first-order chi connectivity index (χ1) is 21.5. The predicted molar refractivity (Wildman–Crippen MR) is 174 cm³/mol. The zero-order valence-electron chi connectivity index (χ0n) is 25.8. The molecule has 3 aliphatic heterocycles. The van der Waals surface area contributed by atoms with Gasteiger partial charge in [0.25, 0.3) is 5.91 Å². The first-order valence-electron chi connectivity index (χ1n) is 15.7. The highest BCUT2D eigenvalue weighted by Gasteiger charge is 2.28. The number of carbonyl (C=O) groups excluding carboxylic acids is 1. The summed E-state index contributed by atoms with van der Waals surface area (Å²) in [6, 6.07) is 16.6. The van der Waals surface area contributed by atoms with Crippen molar-refractivity contribution in [2.75, 3.05) is 82.2 Å². The number of likely N-dealkylation sites (N-methyl/N-ethyl adjacent to an activating group) is 1. The predicted octanol–water partition coefficient (Wildman–Crippen LogP) is 3.80. The minimum atomic E-state index is -0.651. The number of hydrogen-bond donors (Lipinski definition) is 3. The molecule has 1 aromatic heterocycles. The van der Waals surface area contributed by atoms with Gasteiger partial charge in [-0.25, -0.2) is 9.97 Å². The Kier molecular flexibility index (Phi) is 9.44. The number of nitrogens with zero attached hydrogens (tertiary/aromatic N) is 5. The number of nitrogens with one attached hydrogen (secondary N) is 2. The number of amides is 1. The molecule has 0 spiro atoms. The van der Waals surface area contributed by atoms with E-state index in [0.29, 0.717) is 36.6 Å². The van der Waals surface area contributed by atoms with E-state index in [9.17, 15) is 4.79 Å². The highest BCUT2D eigenvalue weighted by Crippen LogP contribution is 2.36. The third-order valence-corrected chi connectivity index (χ3v) is 9.04. The number of anilines is 4. The smallest absolute Gasteiger partial charge is 0.271 e. The van der Waals surface area contributed by atoms with E-state index in [2.05, 4.69) is 38.4 Å². The van der Waals surface area contributed by atoms with Crippen LogP contribution >= 0.6 is 0 Å². The molecule has 6 rings (SSSR count). The molecule has 4 heterocycles. The largest absolute Gasteiger partial charge is 0.495 e. The summed E-state index contributed by atoms with van der Waals surface area (Å²) in [5.74, 6) is 1.02. The fourth-order valence-electron chi connectivity index (χ4n) is 6.44. The summed E-state index contributed by atoms with van der Waals surface area (Å²) in [5, 5.41) is 6.88. The van der Waals surface area contributed by atoms with Crippen LogP contribution in [0.4, 0.5) is 23.0 Å². The zero-order chi connectivity index (χ0) is 30.5. The van der Waals surface area contributed by atoms with Gasteiger partial charge in [-0.15, -0.1) is 0 Å². The average Bonchev–Trinajstić information content (AvgIpc) is 3.06. The Hall–Kier alpha value is -3.93. The van der Waals surface area contributed by atoms with Crippen LogP contribution in [-0.2, 0) is 4.74 Å². The Labute approximate surface area is 259 Å². The van der Waals surface area contributed by atoms with Crippen molar-refractivity contribution in [3.8, 4) is 17.0 Å². The Bertz CT molecular complexity index is 1420. The summed E-state index contributed by atoms with van der Waals surface area (Å²) in [5.41, 5.74) is 9.17. The van der Waals surface area contributed by atoms with Gasteiger partial charge in [-0.1, -0.05) is 30.3 Å². The second kappa shape index (κ2) is 13.8. The number of piperazine rings is 1. The minimum Gasteiger partial charge on any atom is -0.495 e. The van der Waals surface area contributed by atoms with Gasteiger partial charge in [-0.3, -0.25) is 9.69 Å². The molecule has 3 saturated heterocycles. The lowest BCUT2D eigenvalue weighted by molar-refractivity contribution is 0.0904. The number of ether oxygens (including phenoxy) is 2. The monoisotopic (exact) mass is 600 g/mol. The Morgan fingerprint density at radius 2 is 1.66 bits per heavy atom. The summed E-state index contributed by atoms with van der Waals surface area (Å²) in [7, 11) is 3.90. The number of nitrogens with two attached hydrogens (primary N) is 1. The van der Waals surface area contributed by atoms with Gasteiger partial charge in [-0.05, 0) is 44.9 Å². The van der Waals surface area contributed by atoms with Gasteiger partial charge in [0.05, 0.1) is 12.8 Å². The van der Waals surface area contributed by atoms with Crippen molar-refractivity contribution in [3.63, 3.8) is 0 Å². The Morgan fingerprint density at radius 3 is 2.34 bits per heavy atom. The van der Waals surface area contributed by atoms with Crippen molar-refractivity contribution in [1.29, 1.82) is 0 Å². The molecule has 0 aliphatic carbocycles. The van der Waals surface area contributed by atoms with Crippen LogP contribution in [0, 0.1) is 0 Å². The molecule has 234 valence electrons. The number of benzene rings is 2. The Balaban J connectivity index is 1.23. The lowest BCUT2D eigenvalue weighted by atomic mass is 10.0. The average molecular weight is 601 g/mol. The molecule has 2 aromatic carbocycles. The van der Waals surface area contributed by atoms with Crippen molar-refractivity contribution in [1.82, 2.24) is 19.8 Å². The zero-order valence-corrected chi connectivity index (χ0v) is 25.8. The fraction of sp³-hybridized carbons (Fsp3) is 0.485. The molecule has 3 aromatic rings. The molecule has 1 amide bonds. The van der Waals surface area contributed by atoms with Crippen LogP contribution in [0.1, 0.15) is 36.2 Å². The number of hydrogen-bond acceptors (Lipinski definition) is 10. The maximum absolute atomic E-state index is 12.6. The van der Waals surface area contributed by atoms with Crippen molar-refractivity contribution >= 4 is 28.9 Å². The van der Waals surface area contributed by atoms with E-state index in [4.69, 9.17) is 25.2 Å². The van der Waals surface area contributed by atoms with E-state index in [1.165, 1.54) is 0 Å². The molecule has 0 atom stereocenters. The molecule has 3 aliphatic rings. The third kappa shape index (κ3) is 6.90. The van der Waals surface area contributed by atoms with E-state index in [1.54, 1.807) is 7.11 Å². The van der Waals surface area contributed by atoms with Crippen LogP contribution in [0.15, 0.2) is 48.5 Å². The minimum absolute atomic E-state index is 0.0791. The van der Waals surface area contributed by atoms with Gasteiger partial charge in [0.1, 0.15) is 11.4 Å². The highest BCUT2D eigenvalue weighted by molar-refractivity contribution is 5.97. The van der Waals surface area contributed by atoms with Crippen molar-refractivity contribution in [2.24, 2.45) is 5.73 Å². The van der Waals surface area contributed by atoms with Gasteiger partial charge >= 0.3 is 0 Å². The molecule has 11 nitrogen and oxygen atoms in total. The molecule has 0 saturated carbocycles. The topological polar surface area (TPSA) is 121 Å². The van der Waals surface area contributed by atoms with E-state index in [1.807, 2.05) is 42.5 Å².